The van der Waals surface area contributed by atoms with Crippen LogP contribution < -0.4 is 5.32 Å². The molecular formula is C14H18F3NO2. The molecule has 0 radical (unpaired) electrons. The van der Waals surface area contributed by atoms with Crippen molar-refractivity contribution in [2.45, 2.75) is 32.5 Å². The van der Waals surface area contributed by atoms with E-state index in [0.717, 1.165) is 12.1 Å². The predicted molar refractivity (Wildman–Crippen MR) is 69.2 cm³/mol. The standard InChI is InChI=1S/C14H18F3NO2/c1-9(2)6-12(19)8-18-13(20)10-4-3-5-11(7-10)14(15,16)17/h3-5,7,9,12,19H,6,8H2,1-2H3,(H,18,20). The summed E-state index contributed by atoms with van der Waals surface area (Å²) in [6.07, 6.45) is -4.67. The lowest BCUT2D eigenvalue weighted by Crippen LogP contribution is -2.32. The van der Waals surface area contributed by atoms with E-state index in [1.807, 2.05) is 13.8 Å². The van der Waals surface area contributed by atoms with Crippen LogP contribution in [0.4, 0.5) is 13.2 Å². The van der Waals surface area contributed by atoms with Gasteiger partial charge in [0.25, 0.3) is 5.91 Å². The summed E-state index contributed by atoms with van der Waals surface area (Å²) in [7, 11) is 0. The van der Waals surface area contributed by atoms with Gasteiger partial charge in [0, 0.05) is 12.1 Å². The maximum Gasteiger partial charge on any atom is 0.416 e. The lowest BCUT2D eigenvalue weighted by Gasteiger charge is -2.14. The van der Waals surface area contributed by atoms with E-state index in [-0.39, 0.29) is 18.0 Å². The quantitative estimate of drug-likeness (QED) is 0.875. The highest BCUT2D eigenvalue weighted by Gasteiger charge is 2.30. The van der Waals surface area contributed by atoms with Gasteiger partial charge in [-0.15, -0.1) is 0 Å². The zero-order valence-electron chi connectivity index (χ0n) is 11.4. The Morgan fingerprint density at radius 1 is 1.35 bits per heavy atom. The molecule has 0 spiro atoms. The number of alkyl halides is 3. The number of carbonyl (C=O) groups excluding carboxylic acids is 1. The Hall–Kier alpha value is -1.56. The molecule has 0 heterocycles. The molecule has 3 nitrogen and oxygen atoms in total. The fourth-order valence-corrected chi connectivity index (χ4v) is 1.78. The summed E-state index contributed by atoms with van der Waals surface area (Å²) in [6.45, 7) is 3.88. The molecule has 0 aliphatic heterocycles. The fraction of sp³-hybridized carbons (Fsp3) is 0.500. The first-order chi connectivity index (χ1) is 9.20. The fourth-order valence-electron chi connectivity index (χ4n) is 1.78. The van der Waals surface area contributed by atoms with Crippen LogP contribution in [0.25, 0.3) is 0 Å². The molecule has 1 aromatic carbocycles. The van der Waals surface area contributed by atoms with Gasteiger partial charge < -0.3 is 10.4 Å². The minimum absolute atomic E-state index is 0.0211. The highest BCUT2D eigenvalue weighted by atomic mass is 19.4. The Labute approximate surface area is 115 Å². The molecule has 0 aliphatic carbocycles. The van der Waals surface area contributed by atoms with E-state index in [1.54, 1.807) is 0 Å². The number of hydrogen-bond acceptors (Lipinski definition) is 2. The van der Waals surface area contributed by atoms with E-state index >= 15 is 0 Å². The van der Waals surface area contributed by atoms with Crippen LogP contribution in [0.3, 0.4) is 0 Å². The van der Waals surface area contributed by atoms with Crippen molar-refractivity contribution in [1.82, 2.24) is 5.32 Å². The number of halogens is 3. The van der Waals surface area contributed by atoms with Crippen molar-refractivity contribution in [2.75, 3.05) is 6.54 Å². The molecular weight excluding hydrogens is 271 g/mol. The second-order valence-corrected chi connectivity index (χ2v) is 5.07. The summed E-state index contributed by atoms with van der Waals surface area (Å²) >= 11 is 0. The van der Waals surface area contributed by atoms with E-state index in [1.165, 1.54) is 12.1 Å². The second kappa shape index (κ2) is 6.74. The van der Waals surface area contributed by atoms with Crippen LogP contribution in [-0.4, -0.2) is 23.7 Å². The Morgan fingerprint density at radius 3 is 2.55 bits per heavy atom. The average molecular weight is 289 g/mol. The number of nitrogens with one attached hydrogen (secondary N) is 1. The van der Waals surface area contributed by atoms with Gasteiger partial charge in [-0.1, -0.05) is 19.9 Å². The summed E-state index contributed by atoms with van der Waals surface area (Å²) in [6, 6.07) is 4.19. The van der Waals surface area contributed by atoms with Gasteiger partial charge in [0.1, 0.15) is 0 Å². The first-order valence-electron chi connectivity index (χ1n) is 6.33. The van der Waals surface area contributed by atoms with E-state index in [2.05, 4.69) is 5.32 Å². The summed E-state index contributed by atoms with van der Waals surface area (Å²) in [5, 5.41) is 12.0. The summed E-state index contributed by atoms with van der Waals surface area (Å²) in [5.74, 6) is -0.352. The van der Waals surface area contributed by atoms with Crippen molar-refractivity contribution in [3.8, 4) is 0 Å². The number of aliphatic hydroxyl groups excluding tert-OH is 1. The summed E-state index contributed by atoms with van der Waals surface area (Å²) < 4.78 is 37.6. The number of benzene rings is 1. The zero-order valence-corrected chi connectivity index (χ0v) is 11.4. The summed E-state index contributed by atoms with van der Waals surface area (Å²) in [5.41, 5.74) is -0.940. The van der Waals surface area contributed by atoms with Gasteiger partial charge in [-0.25, -0.2) is 0 Å². The average Bonchev–Trinajstić information content (AvgIpc) is 2.34. The first kappa shape index (κ1) is 16.5. The number of rotatable bonds is 5. The van der Waals surface area contributed by atoms with Crippen molar-refractivity contribution in [1.29, 1.82) is 0 Å². The third-order valence-electron chi connectivity index (χ3n) is 2.69. The molecule has 0 fully saturated rings. The van der Waals surface area contributed by atoms with Gasteiger partial charge >= 0.3 is 6.18 Å². The third-order valence-corrected chi connectivity index (χ3v) is 2.69. The van der Waals surface area contributed by atoms with E-state index < -0.39 is 23.8 Å². The Balaban J connectivity index is 2.64. The molecule has 0 saturated carbocycles. The van der Waals surface area contributed by atoms with Crippen molar-refractivity contribution in [3.05, 3.63) is 35.4 Å². The first-order valence-corrected chi connectivity index (χ1v) is 6.33. The van der Waals surface area contributed by atoms with Gasteiger partial charge in [0.05, 0.1) is 11.7 Å². The number of aliphatic hydroxyl groups is 1. The minimum atomic E-state index is -4.48. The van der Waals surface area contributed by atoms with Crippen LogP contribution in [0, 0.1) is 5.92 Å². The molecule has 2 N–H and O–H groups in total. The molecule has 6 heteroatoms. The summed E-state index contributed by atoms with van der Waals surface area (Å²) in [4.78, 5) is 11.7. The smallest absolute Gasteiger partial charge is 0.391 e. The topological polar surface area (TPSA) is 49.3 Å². The number of amides is 1. The Kier molecular flexibility index (Phi) is 5.56. The van der Waals surface area contributed by atoms with Crippen LogP contribution >= 0.6 is 0 Å². The maximum atomic E-state index is 12.5. The third kappa shape index (κ3) is 5.21. The largest absolute Gasteiger partial charge is 0.416 e. The van der Waals surface area contributed by atoms with Crippen molar-refractivity contribution in [2.24, 2.45) is 5.92 Å². The minimum Gasteiger partial charge on any atom is -0.391 e. The molecule has 0 aromatic heterocycles. The van der Waals surface area contributed by atoms with Gasteiger partial charge in [-0.3, -0.25) is 4.79 Å². The zero-order chi connectivity index (χ0) is 15.3. The van der Waals surface area contributed by atoms with Crippen LogP contribution in [0.5, 0.6) is 0 Å². The molecule has 1 unspecified atom stereocenters. The van der Waals surface area contributed by atoms with E-state index in [0.29, 0.717) is 6.42 Å². The number of hydrogen-bond donors (Lipinski definition) is 2. The monoisotopic (exact) mass is 289 g/mol. The molecule has 112 valence electrons. The van der Waals surface area contributed by atoms with Crippen LogP contribution in [0.15, 0.2) is 24.3 Å². The molecule has 1 atom stereocenters. The van der Waals surface area contributed by atoms with Crippen molar-refractivity contribution < 1.29 is 23.1 Å². The lowest BCUT2D eigenvalue weighted by atomic mass is 10.1. The molecule has 1 aromatic rings. The molecule has 1 rings (SSSR count). The van der Waals surface area contributed by atoms with E-state index in [9.17, 15) is 23.1 Å². The van der Waals surface area contributed by atoms with Crippen molar-refractivity contribution in [3.63, 3.8) is 0 Å². The van der Waals surface area contributed by atoms with Gasteiger partial charge in [0.15, 0.2) is 0 Å². The SMILES string of the molecule is CC(C)CC(O)CNC(=O)c1cccc(C(F)(F)F)c1. The Morgan fingerprint density at radius 2 is 2.00 bits per heavy atom. The molecule has 20 heavy (non-hydrogen) atoms. The van der Waals surface area contributed by atoms with Crippen LogP contribution in [0.1, 0.15) is 36.2 Å². The lowest BCUT2D eigenvalue weighted by molar-refractivity contribution is -0.137. The Bertz CT molecular complexity index is 458. The van der Waals surface area contributed by atoms with Crippen LogP contribution in [0.2, 0.25) is 0 Å². The van der Waals surface area contributed by atoms with Gasteiger partial charge in [-0.2, -0.15) is 13.2 Å². The predicted octanol–water partition coefficient (Wildman–Crippen LogP) is 2.84. The number of carbonyl (C=O) groups is 1. The van der Waals surface area contributed by atoms with Gasteiger partial charge in [0.2, 0.25) is 0 Å². The van der Waals surface area contributed by atoms with Crippen molar-refractivity contribution >= 4 is 5.91 Å². The van der Waals surface area contributed by atoms with Gasteiger partial charge in [-0.05, 0) is 30.5 Å². The maximum absolute atomic E-state index is 12.5. The van der Waals surface area contributed by atoms with E-state index in [4.69, 9.17) is 0 Å². The highest BCUT2D eigenvalue weighted by Crippen LogP contribution is 2.29. The second-order valence-electron chi connectivity index (χ2n) is 5.07. The molecule has 0 saturated heterocycles. The highest BCUT2D eigenvalue weighted by molar-refractivity contribution is 5.94. The normalized spacial score (nSPS) is 13.3. The van der Waals surface area contributed by atoms with Crippen LogP contribution in [-0.2, 0) is 6.18 Å². The molecule has 1 amide bonds. The molecule has 0 bridgehead atoms. The molecule has 0 aliphatic rings.